The minimum Gasteiger partial charge on any atom is -0.347 e. The van der Waals surface area contributed by atoms with Gasteiger partial charge >= 0.3 is 0 Å². The third kappa shape index (κ3) is 4.53. The van der Waals surface area contributed by atoms with Crippen LogP contribution in [0.15, 0.2) is 6.33 Å². The third-order valence-electron chi connectivity index (χ3n) is 2.42. The predicted molar refractivity (Wildman–Crippen MR) is 68.7 cm³/mol. The van der Waals surface area contributed by atoms with Gasteiger partial charge in [0.25, 0.3) is 0 Å². The fourth-order valence-corrected chi connectivity index (χ4v) is 1.48. The van der Waals surface area contributed by atoms with Crippen LogP contribution >= 0.6 is 0 Å². The maximum atomic E-state index is 10.5. The van der Waals surface area contributed by atoms with Gasteiger partial charge in [0.1, 0.15) is 5.69 Å². The van der Waals surface area contributed by atoms with Crippen molar-refractivity contribution in [3.05, 3.63) is 17.7 Å². The van der Waals surface area contributed by atoms with Gasteiger partial charge in [0.2, 0.25) is 11.8 Å². The van der Waals surface area contributed by atoms with Crippen LogP contribution in [0.1, 0.15) is 37.0 Å². The highest BCUT2D eigenvalue weighted by Gasteiger charge is 2.19. The minimum atomic E-state index is -0.121. The second-order valence-corrected chi connectivity index (χ2v) is 5.08. The number of nitrogens with zero attached hydrogens (tertiary/aromatic N) is 1. The second-order valence-electron chi connectivity index (χ2n) is 5.08. The molecule has 1 aliphatic rings. The quantitative estimate of drug-likeness (QED) is 0.610. The molecule has 104 valence electrons. The number of hydrogen-bond acceptors (Lipinski definition) is 4. The number of carbonyl (C=O) groups is 3. The van der Waals surface area contributed by atoms with Gasteiger partial charge < -0.3 is 15.6 Å². The summed E-state index contributed by atoms with van der Waals surface area (Å²) in [5.41, 5.74) is 1.37. The van der Waals surface area contributed by atoms with Gasteiger partial charge in [0, 0.05) is 5.41 Å². The van der Waals surface area contributed by atoms with Crippen molar-refractivity contribution in [2.45, 2.75) is 26.2 Å². The zero-order chi connectivity index (χ0) is 14.5. The largest absolute Gasteiger partial charge is 0.347 e. The van der Waals surface area contributed by atoms with Crippen LogP contribution in [0.3, 0.4) is 0 Å². The fourth-order valence-electron chi connectivity index (χ4n) is 1.48. The SMILES string of the molecule is CC(C)(C)c1[nH]cnc1C=O.O=C1CNC(=O)CN1. The van der Waals surface area contributed by atoms with Crippen molar-refractivity contribution in [1.82, 2.24) is 20.6 Å². The molecule has 0 atom stereocenters. The highest BCUT2D eigenvalue weighted by Crippen LogP contribution is 2.21. The van der Waals surface area contributed by atoms with Crippen molar-refractivity contribution in [3.63, 3.8) is 0 Å². The molecule has 7 nitrogen and oxygen atoms in total. The van der Waals surface area contributed by atoms with Gasteiger partial charge in [-0.2, -0.15) is 0 Å². The van der Waals surface area contributed by atoms with Gasteiger partial charge in [-0.25, -0.2) is 4.98 Å². The Morgan fingerprint density at radius 3 is 2.00 bits per heavy atom. The van der Waals surface area contributed by atoms with E-state index in [2.05, 4.69) is 20.6 Å². The Labute approximate surface area is 111 Å². The van der Waals surface area contributed by atoms with Crippen molar-refractivity contribution in [2.75, 3.05) is 13.1 Å². The van der Waals surface area contributed by atoms with Gasteiger partial charge in [0.15, 0.2) is 6.29 Å². The minimum absolute atomic E-state index is 0.0350. The van der Waals surface area contributed by atoms with Gasteiger partial charge in [-0.1, -0.05) is 20.8 Å². The molecule has 0 bridgehead atoms. The lowest BCUT2D eigenvalue weighted by atomic mass is 9.91. The van der Waals surface area contributed by atoms with Crippen LogP contribution in [0.4, 0.5) is 0 Å². The molecule has 0 spiro atoms. The van der Waals surface area contributed by atoms with Crippen molar-refractivity contribution in [3.8, 4) is 0 Å². The van der Waals surface area contributed by atoms with E-state index in [1.807, 2.05) is 20.8 Å². The summed E-state index contributed by atoms with van der Waals surface area (Å²) < 4.78 is 0. The predicted octanol–water partition coefficient (Wildman–Crippen LogP) is -0.248. The smallest absolute Gasteiger partial charge is 0.239 e. The Morgan fingerprint density at radius 2 is 1.68 bits per heavy atom. The standard InChI is InChI=1S/C8H12N2O.C4H6N2O2/c1-8(2,3)7-6(4-11)9-5-10-7;7-3-1-5-4(8)2-6-3/h4-5H,1-3H3,(H,9,10);1-2H2,(H,5,8)(H,6,7). The Kier molecular flexibility index (Phi) is 4.80. The molecule has 3 N–H and O–H groups in total. The molecule has 1 aromatic heterocycles. The molecule has 19 heavy (non-hydrogen) atoms. The Balaban J connectivity index is 0.000000200. The molecule has 0 aromatic carbocycles. The van der Waals surface area contributed by atoms with Crippen molar-refractivity contribution >= 4 is 18.1 Å². The summed E-state index contributed by atoms with van der Waals surface area (Å²) >= 11 is 0. The molecule has 2 heterocycles. The fraction of sp³-hybridized carbons (Fsp3) is 0.500. The van der Waals surface area contributed by atoms with Crippen LogP contribution in [0.2, 0.25) is 0 Å². The number of carbonyl (C=O) groups excluding carboxylic acids is 3. The number of H-pyrrole nitrogens is 1. The lowest BCUT2D eigenvalue weighted by Crippen LogP contribution is -2.48. The monoisotopic (exact) mass is 266 g/mol. The number of imidazole rings is 1. The molecule has 2 rings (SSSR count). The van der Waals surface area contributed by atoms with Gasteiger partial charge in [-0.15, -0.1) is 0 Å². The lowest BCUT2D eigenvalue weighted by Gasteiger charge is -2.16. The van der Waals surface area contributed by atoms with Gasteiger partial charge in [-0.05, 0) is 0 Å². The molecular weight excluding hydrogens is 248 g/mol. The molecule has 0 radical (unpaired) electrons. The summed E-state index contributed by atoms with van der Waals surface area (Å²) in [6, 6.07) is 0. The van der Waals surface area contributed by atoms with E-state index in [9.17, 15) is 14.4 Å². The first-order chi connectivity index (χ1) is 8.84. The number of nitrogens with one attached hydrogen (secondary N) is 3. The second kappa shape index (κ2) is 6.12. The molecule has 0 saturated carbocycles. The van der Waals surface area contributed by atoms with E-state index in [4.69, 9.17) is 0 Å². The van der Waals surface area contributed by atoms with Crippen LogP contribution in [0.5, 0.6) is 0 Å². The Bertz CT molecular complexity index is 446. The van der Waals surface area contributed by atoms with Crippen LogP contribution < -0.4 is 10.6 Å². The maximum Gasteiger partial charge on any atom is 0.239 e. The number of hydrogen-bond donors (Lipinski definition) is 3. The number of amides is 2. The van der Waals surface area contributed by atoms with E-state index in [-0.39, 0.29) is 30.3 Å². The number of rotatable bonds is 1. The van der Waals surface area contributed by atoms with E-state index in [0.29, 0.717) is 5.69 Å². The first-order valence-corrected chi connectivity index (χ1v) is 5.87. The molecule has 1 aliphatic heterocycles. The lowest BCUT2D eigenvalue weighted by molar-refractivity contribution is -0.130. The summed E-state index contributed by atoms with van der Waals surface area (Å²) in [6.45, 7) is 6.35. The number of aromatic amines is 1. The van der Waals surface area contributed by atoms with E-state index >= 15 is 0 Å². The maximum absolute atomic E-state index is 10.5. The topological polar surface area (TPSA) is 104 Å². The number of piperazine rings is 1. The first-order valence-electron chi connectivity index (χ1n) is 5.87. The van der Waals surface area contributed by atoms with Crippen molar-refractivity contribution in [1.29, 1.82) is 0 Å². The van der Waals surface area contributed by atoms with Crippen LogP contribution in [-0.2, 0) is 15.0 Å². The molecular formula is C12H18N4O3. The molecule has 2 amide bonds. The van der Waals surface area contributed by atoms with Gasteiger partial charge in [0.05, 0.1) is 25.1 Å². The zero-order valence-electron chi connectivity index (χ0n) is 11.2. The normalized spacial score (nSPS) is 14.9. The summed E-state index contributed by atoms with van der Waals surface area (Å²) in [5, 5.41) is 4.76. The summed E-state index contributed by atoms with van der Waals surface area (Å²) in [4.78, 5) is 37.8. The van der Waals surface area contributed by atoms with Crippen molar-refractivity contribution in [2.24, 2.45) is 0 Å². The molecule has 1 saturated heterocycles. The Hall–Kier alpha value is -2.18. The zero-order valence-corrected chi connectivity index (χ0v) is 11.2. The number of aldehydes is 1. The molecule has 0 unspecified atom stereocenters. The first kappa shape index (κ1) is 14.9. The average molecular weight is 266 g/mol. The van der Waals surface area contributed by atoms with Gasteiger partial charge in [-0.3, -0.25) is 14.4 Å². The van der Waals surface area contributed by atoms with Crippen LogP contribution in [-0.4, -0.2) is 41.2 Å². The van der Waals surface area contributed by atoms with Crippen LogP contribution in [0, 0.1) is 0 Å². The van der Waals surface area contributed by atoms with E-state index in [1.54, 1.807) is 6.33 Å². The van der Waals surface area contributed by atoms with Crippen molar-refractivity contribution < 1.29 is 14.4 Å². The highest BCUT2D eigenvalue weighted by atomic mass is 16.2. The molecule has 7 heteroatoms. The van der Waals surface area contributed by atoms with E-state index in [0.717, 1.165) is 12.0 Å². The third-order valence-corrected chi connectivity index (χ3v) is 2.42. The van der Waals surface area contributed by atoms with E-state index < -0.39 is 0 Å². The number of aromatic nitrogens is 2. The Morgan fingerprint density at radius 1 is 1.16 bits per heavy atom. The van der Waals surface area contributed by atoms with E-state index in [1.165, 1.54) is 0 Å². The summed E-state index contributed by atoms with van der Waals surface area (Å²) in [5.74, 6) is -0.241. The molecule has 1 aromatic rings. The molecule has 0 aliphatic carbocycles. The average Bonchev–Trinajstić information content (AvgIpc) is 2.82. The molecule has 1 fully saturated rings. The van der Waals surface area contributed by atoms with Crippen LogP contribution in [0.25, 0.3) is 0 Å². The summed E-state index contributed by atoms with van der Waals surface area (Å²) in [6.07, 6.45) is 2.32. The highest BCUT2D eigenvalue weighted by molar-refractivity contribution is 5.92. The summed E-state index contributed by atoms with van der Waals surface area (Å²) in [7, 11) is 0.